The summed E-state index contributed by atoms with van der Waals surface area (Å²) in [6.45, 7) is 1.45. The third kappa shape index (κ3) is 4.41. The molecule has 0 saturated heterocycles. The van der Waals surface area contributed by atoms with Gasteiger partial charge in [-0.1, -0.05) is 48.5 Å². The normalized spacial score (nSPS) is 11.7. The average molecular weight is 333 g/mol. The van der Waals surface area contributed by atoms with Gasteiger partial charge in [0.1, 0.15) is 0 Å². The van der Waals surface area contributed by atoms with Crippen LogP contribution in [0.4, 0.5) is 5.69 Å². The second-order valence-electron chi connectivity index (χ2n) is 5.83. The number of rotatable bonds is 5. The molecule has 2 N–H and O–H groups in total. The lowest BCUT2D eigenvalue weighted by molar-refractivity contribution is -0.120. The fourth-order valence-corrected chi connectivity index (χ4v) is 2.72. The summed E-state index contributed by atoms with van der Waals surface area (Å²) in [5, 5.41) is 6.64. The fourth-order valence-electron chi connectivity index (χ4n) is 2.72. The molecule has 0 fully saturated rings. The molecule has 1 heterocycles. The number of fused-ring (bicyclic) bond motifs is 1. The highest BCUT2D eigenvalue weighted by Crippen LogP contribution is 2.19. The Morgan fingerprint density at radius 3 is 2.52 bits per heavy atom. The van der Waals surface area contributed by atoms with Crippen LogP contribution in [-0.4, -0.2) is 16.8 Å². The van der Waals surface area contributed by atoms with E-state index in [4.69, 9.17) is 0 Å². The molecule has 5 heteroatoms. The first-order chi connectivity index (χ1) is 12.1. The summed E-state index contributed by atoms with van der Waals surface area (Å²) in [7, 11) is 0. The predicted molar refractivity (Wildman–Crippen MR) is 98.0 cm³/mol. The number of hydrogen-bond acceptors (Lipinski definition) is 3. The molecule has 5 nitrogen and oxygen atoms in total. The van der Waals surface area contributed by atoms with E-state index in [-0.39, 0.29) is 24.3 Å². The standard InChI is InChI=1S/C20H19N3O2/c1-14(24)22-19(15-7-3-2-4-8-15)12-20(25)23-17-11-16-9-5-6-10-18(16)21-13-17/h2-11,13,19H,12H2,1H3,(H,22,24)(H,23,25)/t19-/m1/s1. The van der Waals surface area contributed by atoms with Crippen molar-refractivity contribution >= 4 is 28.4 Å². The minimum absolute atomic E-state index is 0.149. The molecule has 0 aliphatic heterocycles. The zero-order chi connectivity index (χ0) is 17.6. The van der Waals surface area contributed by atoms with E-state index in [1.165, 1.54) is 6.92 Å². The van der Waals surface area contributed by atoms with Crippen LogP contribution in [0.3, 0.4) is 0 Å². The minimum Gasteiger partial charge on any atom is -0.349 e. The van der Waals surface area contributed by atoms with Crippen LogP contribution in [-0.2, 0) is 9.59 Å². The summed E-state index contributed by atoms with van der Waals surface area (Å²) in [6, 6.07) is 18.7. The van der Waals surface area contributed by atoms with E-state index >= 15 is 0 Å². The quantitative estimate of drug-likeness (QED) is 0.751. The molecule has 25 heavy (non-hydrogen) atoms. The van der Waals surface area contributed by atoms with Crippen molar-refractivity contribution in [1.82, 2.24) is 10.3 Å². The Labute approximate surface area is 146 Å². The lowest BCUT2D eigenvalue weighted by Gasteiger charge is -2.18. The highest BCUT2D eigenvalue weighted by Gasteiger charge is 2.17. The van der Waals surface area contributed by atoms with Gasteiger partial charge in [0.15, 0.2) is 0 Å². The van der Waals surface area contributed by atoms with Gasteiger partial charge in [-0.2, -0.15) is 0 Å². The van der Waals surface area contributed by atoms with E-state index in [2.05, 4.69) is 15.6 Å². The largest absolute Gasteiger partial charge is 0.349 e. The fraction of sp³-hybridized carbons (Fsp3) is 0.150. The smallest absolute Gasteiger partial charge is 0.226 e. The summed E-state index contributed by atoms with van der Waals surface area (Å²) in [6.07, 6.45) is 1.78. The van der Waals surface area contributed by atoms with Crippen LogP contribution in [0.5, 0.6) is 0 Å². The first kappa shape index (κ1) is 16.6. The molecule has 0 bridgehead atoms. The van der Waals surface area contributed by atoms with Crippen molar-refractivity contribution in [2.45, 2.75) is 19.4 Å². The molecular formula is C20H19N3O2. The summed E-state index contributed by atoms with van der Waals surface area (Å²) in [5.41, 5.74) is 2.41. The van der Waals surface area contributed by atoms with Gasteiger partial charge >= 0.3 is 0 Å². The topological polar surface area (TPSA) is 71.1 Å². The highest BCUT2D eigenvalue weighted by atomic mass is 16.2. The third-order valence-corrected chi connectivity index (χ3v) is 3.84. The maximum Gasteiger partial charge on any atom is 0.226 e. The lowest BCUT2D eigenvalue weighted by atomic mass is 10.0. The Balaban J connectivity index is 1.73. The van der Waals surface area contributed by atoms with Gasteiger partial charge in [0, 0.05) is 12.3 Å². The third-order valence-electron chi connectivity index (χ3n) is 3.84. The van der Waals surface area contributed by atoms with E-state index in [1.807, 2.05) is 60.7 Å². The van der Waals surface area contributed by atoms with E-state index in [0.29, 0.717) is 5.69 Å². The second-order valence-corrected chi connectivity index (χ2v) is 5.83. The Morgan fingerprint density at radius 1 is 1.04 bits per heavy atom. The molecule has 0 spiro atoms. The Hall–Kier alpha value is -3.21. The van der Waals surface area contributed by atoms with Crippen molar-refractivity contribution in [3.63, 3.8) is 0 Å². The monoisotopic (exact) mass is 333 g/mol. The Morgan fingerprint density at radius 2 is 1.76 bits per heavy atom. The molecule has 1 aromatic heterocycles. The zero-order valence-corrected chi connectivity index (χ0v) is 13.9. The number of anilines is 1. The molecule has 0 unspecified atom stereocenters. The van der Waals surface area contributed by atoms with E-state index in [0.717, 1.165) is 16.5 Å². The average Bonchev–Trinajstić information content (AvgIpc) is 2.61. The summed E-state index contributed by atoms with van der Waals surface area (Å²) in [5.74, 6) is -0.353. The van der Waals surface area contributed by atoms with Crippen LogP contribution in [0, 0.1) is 0 Å². The Bertz CT molecular complexity index is 894. The second kappa shape index (κ2) is 7.57. The van der Waals surface area contributed by atoms with Gasteiger partial charge in [-0.15, -0.1) is 0 Å². The SMILES string of the molecule is CC(=O)N[C@H](CC(=O)Nc1cnc2ccccc2c1)c1ccccc1. The van der Waals surface area contributed by atoms with Gasteiger partial charge in [0.05, 0.1) is 29.9 Å². The van der Waals surface area contributed by atoms with Gasteiger partial charge in [0.25, 0.3) is 0 Å². The van der Waals surface area contributed by atoms with Gasteiger partial charge < -0.3 is 10.6 Å². The molecule has 2 aromatic carbocycles. The number of nitrogens with zero attached hydrogens (tertiary/aromatic N) is 1. The molecule has 3 aromatic rings. The number of aromatic nitrogens is 1. The van der Waals surface area contributed by atoms with Crippen LogP contribution in [0.25, 0.3) is 10.9 Å². The molecule has 126 valence electrons. The number of nitrogens with one attached hydrogen (secondary N) is 2. The molecule has 3 rings (SSSR count). The predicted octanol–water partition coefficient (Wildman–Crippen LogP) is 3.44. The maximum absolute atomic E-state index is 12.4. The van der Waals surface area contributed by atoms with Gasteiger partial charge in [-0.05, 0) is 17.7 Å². The van der Waals surface area contributed by atoms with E-state index < -0.39 is 0 Å². The number of benzene rings is 2. The van der Waals surface area contributed by atoms with Crippen LogP contribution in [0.15, 0.2) is 66.9 Å². The summed E-state index contributed by atoms with van der Waals surface area (Å²) in [4.78, 5) is 28.2. The van der Waals surface area contributed by atoms with Crippen molar-refractivity contribution in [1.29, 1.82) is 0 Å². The number of carbonyl (C=O) groups excluding carboxylic acids is 2. The maximum atomic E-state index is 12.4. The number of carbonyl (C=O) groups is 2. The van der Waals surface area contributed by atoms with Crippen LogP contribution >= 0.6 is 0 Å². The first-order valence-electron chi connectivity index (χ1n) is 8.08. The molecule has 0 aliphatic rings. The summed E-state index contributed by atoms with van der Waals surface area (Å²) < 4.78 is 0. The van der Waals surface area contributed by atoms with Gasteiger partial charge in [0.2, 0.25) is 11.8 Å². The van der Waals surface area contributed by atoms with Crippen LogP contribution < -0.4 is 10.6 Å². The molecule has 0 saturated carbocycles. The molecule has 2 amide bonds. The molecule has 0 radical (unpaired) electrons. The number of hydrogen-bond donors (Lipinski definition) is 2. The highest BCUT2D eigenvalue weighted by molar-refractivity contribution is 5.93. The van der Waals surface area contributed by atoms with E-state index in [1.54, 1.807) is 6.20 Å². The van der Waals surface area contributed by atoms with Gasteiger partial charge in [-0.3, -0.25) is 14.6 Å². The molecule has 0 aliphatic carbocycles. The van der Waals surface area contributed by atoms with Crippen molar-refractivity contribution in [3.8, 4) is 0 Å². The molecular weight excluding hydrogens is 314 g/mol. The van der Waals surface area contributed by atoms with Crippen molar-refractivity contribution < 1.29 is 9.59 Å². The minimum atomic E-state index is -0.368. The number of amides is 2. The first-order valence-corrected chi connectivity index (χ1v) is 8.08. The van der Waals surface area contributed by atoms with Crippen LogP contribution in [0.2, 0.25) is 0 Å². The lowest BCUT2D eigenvalue weighted by Crippen LogP contribution is -2.29. The van der Waals surface area contributed by atoms with Gasteiger partial charge in [-0.25, -0.2) is 0 Å². The van der Waals surface area contributed by atoms with Crippen molar-refractivity contribution in [2.75, 3.05) is 5.32 Å². The number of para-hydroxylation sites is 1. The zero-order valence-electron chi connectivity index (χ0n) is 13.9. The number of pyridine rings is 1. The van der Waals surface area contributed by atoms with Crippen molar-refractivity contribution in [2.24, 2.45) is 0 Å². The van der Waals surface area contributed by atoms with E-state index in [9.17, 15) is 9.59 Å². The Kier molecular flexibility index (Phi) is 5.04. The summed E-state index contributed by atoms with van der Waals surface area (Å²) >= 11 is 0. The molecule has 1 atom stereocenters. The van der Waals surface area contributed by atoms with Crippen molar-refractivity contribution in [3.05, 3.63) is 72.4 Å². The van der Waals surface area contributed by atoms with Crippen LogP contribution in [0.1, 0.15) is 24.9 Å².